The predicted molar refractivity (Wildman–Crippen MR) is 117 cm³/mol. The Balaban J connectivity index is 1.31. The third kappa shape index (κ3) is 4.98. The zero-order chi connectivity index (χ0) is 20.4. The Morgan fingerprint density at radius 1 is 1.14 bits per heavy atom. The van der Waals surface area contributed by atoms with Crippen molar-refractivity contribution in [3.05, 3.63) is 46.5 Å². The van der Waals surface area contributed by atoms with Crippen LogP contribution in [0.25, 0.3) is 0 Å². The van der Waals surface area contributed by atoms with E-state index in [1.807, 2.05) is 16.3 Å². The van der Waals surface area contributed by atoms with Crippen LogP contribution in [0.1, 0.15) is 43.0 Å². The zero-order valence-corrected chi connectivity index (χ0v) is 18.7. The van der Waals surface area contributed by atoms with Gasteiger partial charge >= 0.3 is 0 Å². The minimum atomic E-state index is -2.93. The summed E-state index contributed by atoms with van der Waals surface area (Å²) in [5.41, 5.74) is 1.43. The molecule has 158 valence electrons. The molecule has 1 aromatic heterocycles. The Morgan fingerprint density at radius 2 is 1.86 bits per heavy atom. The first-order valence-electron chi connectivity index (χ1n) is 10.5. The van der Waals surface area contributed by atoms with E-state index >= 15 is 0 Å². The van der Waals surface area contributed by atoms with Gasteiger partial charge in [0.15, 0.2) is 14.6 Å². The standard InChI is InChI=1S/C21H30N4O2S2/c1-23-20(19-11-14-29(26,27)15-19)22-25(21(23)28)16-24-12-9-18(10-13-24)8-7-17-5-3-2-4-6-17/h2-6,18-19H,7-16H2,1H3. The van der Waals surface area contributed by atoms with Crippen LogP contribution in [0.2, 0.25) is 0 Å². The number of likely N-dealkylation sites (tertiary alicyclic amines) is 1. The molecule has 0 N–H and O–H groups in total. The van der Waals surface area contributed by atoms with Gasteiger partial charge in [0.05, 0.1) is 18.2 Å². The van der Waals surface area contributed by atoms with Gasteiger partial charge in [0, 0.05) is 26.1 Å². The van der Waals surface area contributed by atoms with Gasteiger partial charge in [-0.2, -0.15) is 5.10 Å². The van der Waals surface area contributed by atoms with Gasteiger partial charge in [0.2, 0.25) is 0 Å². The number of hydrogen-bond donors (Lipinski definition) is 0. The molecule has 2 aromatic rings. The summed E-state index contributed by atoms with van der Waals surface area (Å²) in [6.45, 7) is 2.81. The van der Waals surface area contributed by atoms with Gasteiger partial charge in [0.1, 0.15) is 5.82 Å². The molecule has 0 spiro atoms. The molecule has 1 aromatic carbocycles. The highest BCUT2D eigenvalue weighted by atomic mass is 32.2. The van der Waals surface area contributed by atoms with E-state index in [1.54, 1.807) is 0 Å². The van der Waals surface area contributed by atoms with Gasteiger partial charge < -0.3 is 4.57 Å². The molecule has 4 rings (SSSR count). The number of aryl methyl sites for hydroxylation is 1. The first-order chi connectivity index (χ1) is 13.9. The van der Waals surface area contributed by atoms with Crippen molar-refractivity contribution in [2.45, 2.75) is 44.7 Å². The highest BCUT2D eigenvalue weighted by molar-refractivity contribution is 7.91. The van der Waals surface area contributed by atoms with E-state index in [0.717, 1.165) is 31.3 Å². The maximum absolute atomic E-state index is 11.8. The SMILES string of the molecule is Cn1c(C2CCS(=O)(=O)C2)nn(CN2CCC(CCc3ccccc3)CC2)c1=S. The minimum Gasteiger partial charge on any atom is -0.307 e. The van der Waals surface area contributed by atoms with Crippen LogP contribution < -0.4 is 0 Å². The van der Waals surface area contributed by atoms with Crippen molar-refractivity contribution < 1.29 is 8.42 Å². The summed E-state index contributed by atoms with van der Waals surface area (Å²) in [7, 11) is -1.03. The summed E-state index contributed by atoms with van der Waals surface area (Å²) in [5.74, 6) is 2.01. The van der Waals surface area contributed by atoms with Gasteiger partial charge in [-0.3, -0.25) is 4.90 Å². The van der Waals surface area contributed by atoms with E-state index in [4.69, 9.17) is 17.3 Å². The number of piperidine rings is 1. The molecule has 6 nitrogen and oxygen atoms in total. The maximum atomic E-state index is 11.8. The van der Waals surface area contributed by atoms with E-state index in [2.05, 4.69) is 35.2 Å². The fraction of sp³-hybridized carbons (Fsp3) is 0.619. The Hall–Kier alpha value is -1.51. The first kappa shape index (κ1) is 20.8. The molecule has 0 bridgehead atoms. The van der Waals surface area contributed by atoms with Crippen molar-refractivity contribution in [2.75, 3.05) is 24.6 Å². The maximum Gasteiger partial charge on any atom is 0.198 e. The second kappa shape index (κ2) is 8.70. The summed E-state index contributed by atoms with van der Waals surface area (Å²) in [5, 5.41) is 4.72. The number of nitrogens with zero attached hydrogens (tertiary/aromatic N) is 4. The predicted octanol–water partition coefficient (Wildman–Crippen LogP) is 3.16. The van der Waals surface area contributed by atoms with Crippen molar-refractivity contribution in [3.63, 3.8) is 0 Å². The van der Waals surface area contributed by atoms with Crippen molar-refractivity contribution in [1.29, 1.82) is 0 Å². The molecular weight excluding hydrogens is 404 g/mol. The van der Waals surface area contributed by atoms with Gasteiger partial charge in [-0.15, -0.1) is 0 Å². The first-order valence-corrected chi connectivity index (χ1v) is 12.7. The second-order valence-electron chi connectivity index (χ2n) is 8.53. The van der Waals surface area contributed by atoms with Gasteiger partial charge in [-0.05, 0) is 55.8 Å². The Labute approximate surface area is 178 Å². The number of rotatable bonds is 6. The van der Waals surface area contributed by atoms with Crippen molar-refractivity contribution in [2.24, 2.45) is 13.0 Å². The van der Waals surface area contributed by atoms with Crippen LogP contribution in [-0.2, 0) is 30.0 Å². The molecule has 0 saturated carbocycles. The summed E-state index contributed by atoms with van der Waals surface area (Å²) < 4.78 is 28.1. The van der Waals surface area contributed by atoms with E-state index in [9.17, 15) is 8.42 Å². The average molecular weight is 435 g/mol. The topological polar surface area (TPSA) is 60.1 Å². The molecule has 2 saturated heterocycles. The zero-order valence-electron chi connectivity index (χ0n) is 17.0. The Morgan fingerprint density at radius 3 is 2.52 bits per heavy atom. The number of aromatic nitrogens is 3. The molecule has 8 heteroatoms. The number of hydrogen-bond acceptors (Lipinski definition) is 5. The summed E-state index contributed by atoms with van der Waals surface area (Å²) in [6.07, 6.45) is 5.47. The Kier molecular flexibility index (Phi) is 6.22. The van der Waals surface area contributed by atoms with Crippen LogP contribution in [0.15, 0.2) is 30.3 Å². The van der Waals surface area contributed by atoms with E-state index in [-0.39, 0.29) is 17.4 Å². The normalized spacial score (nSPS) is 22.9. The molecule has 0 aliphatic carbocycles. The third-order valence-electron chi connectivity index (χ3n) is 6.40. The largest absolute Gasteiger partial charge is 0.307 e. The molecule has 3 heterocycles. The lowest BCUT2D eigenvalue weighted by Crippen LogP contribution is -2.35. The van der Waals surface area contributed by atoms with E-state index in [0.29, 0.717) is 17.9 Å². The van der Waals surface area contributed by atoms with Crippen LogP contribution in [-0.4, -0.2) is 52.3 Å². The lowest BCUT2D eigenvalue weighted by molar-refractivity contribution is 0.136. The quantitative estimate of drug-likeness (QED) is 0.654. The average Bonchev–Trinajstić information content (AvgIpc) is 3.22. The summed E-state index contributed by atoms with van der Waals surface area (Å²) in [6, 6.07) is 10.7. The summed E-state index contributed by atoms with van der Waals surface area (Å²) >= 11 is 5.58. The van der Waals surface area contributed by atoms with Crippen molar-refractivity contribution in [3.8, 4) is 0 Å². The highest BCUT2D eigenvalue weighted by Gasteiger charge is 2.32. The third-order valence-corrected chi connectivity index (χ3v) is 8.65. The lowest BCUT2D eigenvalue weighted by atomic mass is 9.91. The molecule has 2 aliphatic heterocycles. The van der Waals surface area contributed by atoms with Crippen molar-refractivity contribution in [1.82, 2.24) is 19.2 Å². The highest BCUT2D eigenvalue weighted by Crippen LogP contribution is 2.28. The smallest absolute Gasteiger partial charge is 0.198 e. The Bertz CT molecular complexity index is 989. The second-order valence-corrected chi connectivity index (χ2v) is 11.1. The van der Waals surface area contributed by atoms with Crippen LogP contribution in [0, 0.1) is 10.7 Å². The molecular formula is C21H30N4O2S2. The van der Waals surface area contributed by atoms with E-state index in [1.165, 1.54) is 24.8 Å². The molecule has 1 unspecified atom stereocenters. The molecule has 29 heavy (non-hydrogen) atoms. The van der Waals surface area contributed by atoms with Crippen LogP contribution in [0.4, 0.5) is 0 Å². The fourth-order valence-electron chi connectivity index (χ4n) is 4.57. The fourth-order valence-corrected chi connectivity index (χ4v) is 6.50. The monoisotopic (exact) mass is 434 g/mol. The molecule has 0 radical (unpaired) electrons. The minimum absolute atomic E-state index is 0.0309. The lowest BCUT2D eigenvalue weighted by Gasteiger charge is -2.31. The van der Waals surface area contributed by atoms with Crippen LogP contribution in [0.5, 0.6) is 0 Å². The summed E-state index contributed by atoms with van der Waals surface area (Å²) in [4.78, 5) is 2.41. The molecule has 1 atom stereocenters. The van der Waals surface area contributed by atoms with Gasteiger partial charge in [-0.25, -0.2) is 13.1 Å². The molecule has 2 aliphatic rings. The van der Waals surface area contributed by atoms with E-state index < -0.39 is 9.84 Å². The van der Waals surface area contributed by atoms with Gasteiger partial charge in [-0.1, -0.05) is 30.3 Å². The van der Waals surface area contributed by atoms with Gasteiger partial charge in [0.25, 0.3) is 0 Å². The number of benzene rings is 1. The van der Waals surface area contributed by atoms with Crippen LogP contribution >= 0.6 is 12.2 Å². The molecule has 2 fully saturated rings. The van der Waals surface area contributed by atoms with Crippen LogP contribution in [0.3, 0.4) is 0 Å². The van der Waals surface area contributed by atoms with Crippen molar-refractivity contribution >= 4 is 22.1 Å². The molecule has 0 amide bonds. The number of sulfone groups is 1.